The molecule has 0 radical (unpaired) electrons. The fourth-order valence-corrected chi connectivity index (χ4v) is 3.12. The van der Waals surface area contributed by atoms with Gasteiger partial charge in [-0.1, -0.05) is 53.5 Å². The maximum atomic E-state index is 12.4. The van der Waals surface area contributed by atoms with Gasteiger partial charge >= 0.3 is 6.36 Å². The number of ether oxygens (including phenoxy) is 1. The van der Waals surface area contributed by atoms with Gasteiger partial charge in [-0.15, -0.1) is 24.5 Å². The molecular formula is C17H10Cl2F3N3OS. The highest BCUT2D eigenvalue weighted by molar-refractivity contribution is 7.14. The summed E-state index contributed by atoms with van der Waals surface area (Å²) in [7, 11) is 0. The van der Waals surface area contributed by atoms with Crippen LogP contribution in [0.25, 0.3) is 11.3 Å². The van der Waals surface area contributed by atoms with Crippen molar-refractivity contribution < 1.29 is 17.9 Å². The van der Waals surface area contributed by atoms with Crippen molar-refractivity contribution in [3.63, 3.8) is 0 Å². The smallest absolute Gasteiger partial charge is 0.404 e. The van der Waals surface area contributed by atoms with Gasteiger partial charge in [0.05, 0.1) is 16.9 Å². The van der Waals surface area contributed by atoms with Crippen molar-refractivity contribution in [2.24, 2.45) is 5.10 Å². The fraction of sp³-hybridized carbons (Fsp3) is 0.0588. The third kappa shape index (κ3) is 5.35. The summed E-state index contributed by atoms with van der Waals surface area (Å²) >= 11 is 12.9. The molecule has 3 rings (SSSR count). The highest BCUT2D eigenvalue weighted by Crippen LogP contribution is 2.36. The van der Waals surface area contributed by atoms with E-state index in [9.17, 15) is 13.2 Å². The molecule has 4 nitrogen and oxygen atoms in total. The van der Waals surface area contributed by atoms with E-state index in [0.29, 0.717) is 5.13 Å². The molecule has 0 bridgehead atoms. The van der Waals surface area contributed by atoms with Crippen LogP contribution in [0.5, 0.6) is 5.75 Å². The van der Waals surface area contributed by atoms with Crippen molar-refractivity contribution in [1.82, 2.24) is 4.98 Å². The first-order valence-corrected chi connectivity index (χ1v) is 9.00. The quantitative estimate of drug-likeness (QED) is 0.372. The minimum atomic E-state index is -4.88. The van der Waals surface area contributed by atoms with Crippen molar-refractivity contribution in [3.05, 3.63) is 63.5 Å². The van der Waals surface area contributed by atoms with Crippen LogP contribution in [0.15, 0.2) is 52.9 Å². The molecule has 0 aliphatic rings. The molecule has 0 spiro atoms. The molecule has 1 N–H and O–H groups in total. The van der Waals surface area contributed by atoms with Gasteiger partial charge in [0.25, 0.3) is 0 Å². The summed E-state index contributed by atoms with van der Waals surface area (Å²) in [4.78, 5) is 4.38. The van der Waals surface area contributed by atoms with Crippen LogP contribution in [0.1, 0.15) is 5.56 Å². The first kappa shape index (κ1) is 19.5. The molecule has 10 heteroatoms. The van der Waals surface area contributed by atoms with Crippen LogP contribution in [-0.2, 0) is 0 Å². The Bertz CT molecular complexity index is 962. The van der Waals surface area contributed by atoms with Gasteiger partial charge in [-0.05, 0) is 17.7 Å². The molecule has 0 unspecified atom stereocenters. The molecule has 0 aliphatic heterocycles. The van der Waals surface area contributed by atoms with Gasteiger partial charge in [-0.25, -0.2) is 4.98 Å². The molecule has 1 heterocycles. The maximum absolute atomic E-state index is 12.4. The summed E-state index contributed by atoms with van der Waals surface area (Å²) in [6.07, 6.45) is -3.59. The Labute approximate surface area is 166 Å². The van der Waals surface area contributed by atoms with Gasteiger partial charge in [0, 0.05) is 10.9 Å². The first-order valence-electron chi connectivity index (χ1n) is 7.36. The molecule has 0 amide bonds. The number of hydrogen-bond donors (Lipinski definition) is 1. The third-order valence-corrected chi connectivity index (χ3v) is 4.72. The number of rotatable bonds is 5. The van der Waals surface area contributed by atoms with Crippen molar-refractivity contribution in [3.8, 4) is 17.0 Å². The van der Waals surface area contributed by atoms with Gasteiger partial charge in [0.2, 0.25) is 5.13 Å². The van der Waals surface area contributed by atoms with Crippen LogP contribution in [0.4, 0.5) is 18.3 Å². The Morgan fingerprint density at radius 1 is 1.15 bits per heavy atom. The van der Waals surface area contributed by atoms with Crippen LogP contribution in [0.2, 0.25) is 10.0 Å². The number of thiazole rings is 1. The van der Waals surface area contributed by atoms with E-state index in [4.69, 9.17) is 23.2 Å². The Hall–Kier alpha value is -2.29. The predicted molar refractivity (Wildman–Crippen MR) is 102 cm³/mol. The van der Waals surface area contributed by atoms with E-state index in [1.807, 2.05) is 35.7 Å². The van der Waals surface area contributed by atoms with Gasteiger partial charge < -0.3 is 4.74 Å². The summed E-state index contributed by atoms with van der Waals surface area (Å²) in [6, 6.07) is 12.0. The van der Waals surface area contributed by atoms with Crippen LogP contribution in [0, 0.1) is 0 Å². The summed E-state index contributed by atoms with van der Waals surface area (Å²) < 4.78 is 41.1. The zero-order chi connectivity index (χ0) is 19.4. The van der Waals surface area contributed by atoms with Crippen molar-refractivity contribution >= 4 is 45.9 Å². The van der Waals surface area contributed by atoms with E-state index < -0.39 is 12.1 Å². The lowest BCUT2D eigenvalue weighted by Crippen LogP contribution is -2.17. The lowest BCUT2D eigenvalue weighted by molar-refractivity contribution is -0.274. The predicted octanol–water partition coefficient (Wildman–Crippen LogP) is 6.46. The standard InChI is InChI=1S/C17H10Cl2F3N3OS/c18-12-6-10(7-14(15(12)19)26-17(20,21)22)8-23-25-16-24-13(9-27-16)11-4-2-1-3-5-11/h1-9H,(H,24,25). The van der Waals surface area contributed by atoms with Gasteiger partial charge in [-0.3, -0.25) is 5.43 Å². The second kappa shape index (κ2) is 8.16. The first-order chi connectivity index (χ1) is 12.8. The molecule has 3 aromatic rings. The lowest BCUT2D eigenvalue weighted by atomic mass is 10.2. The van der Waals surface area contributed by atoms with E-state index in [1.54, 1.807) is 0 Å². The second-order valence-corrected chi connectivity index (χ2v) is 6.78. The van der Waals surface area contributed by atoms with Gasteiger partial charge in [0.15, 0.2) is 0 Å². The Kier molecular flexibility index (Phi) is 5.88. The van der Waals surface area contributed by atoms with Crippen LogP contribution < -0.4 is 10.2 Å². The summed E-state index contributed by atoms with van der Waals surface area (Å²) in [5.41, 5.74) is 4.74. The summed E-state index contributed by atoms with van der Waals surface area (Å²) in [5, 5.41) is 5.94. The number of alkyl halides is 3. The molecular weight excluding hydrogens is 422 g/mol. The average molecular weight is 432 g/mol. The molecule has 27 heavy (non-hydrogen) atoms. The van der Waals surface area contributed by atoms with E-state index >= 15 is 0 Å². The maximum Gasteiger partial charge on any atom is 0.573 e. The third-order valence-electron chi connectivity index (χ3n) is 3.19. The molecule has 0 atom stereocenters. The number of hydrogen-bond acceptors (Lipinski definition) is 5. The SMILES string of the molecule is FC(F)(F)Oc1cc(C=NNc2nc(-c3ccccc3)cs2)cc(Cl)c1Cl. The fourth-order valence-electron chi connectivity index (χ4n) is 2.09. The van der Waals surface area contributed by atoms with Crippen molar-refractivity contribution in [1.29, 1.82) is 0 Å². The monoisotopic (exact) mass is 431 g/mol. The number of aromatic nitrogens is 1. The summed E-state index contributed by atoms with van der Waals surface area (Å²) in [5.74, 6) is -0.598. The van der Waals surface area contributed by atoms with Crippen LogP contribution >= 0.6 is 34.5 Å². The van der Waals surface area contributed by atoms with E-state index in [0.717, 1.165) is 17.3 Å². The number of hydrazone groups is 1. The number of nitrogens with one attached hydrogen (secondary N) is 1. The topological polar surface area (TPSA) is 46.5 Å². The van der Waals surface area contributed by atoms with E-state index in [1.165, 1.54) is 23.6 Å². The van der Waals surface area contributed by atoms with E-state index in [-0.39, 0.29) is 15.6 Å². The normalized spacial score (nSPS) is 11.7. The minimum absolute atomic E-state index is 0.0829. The lowest BCUT2D eigenvalue weighted by Gasteiger charge is -2.11. The highest BCUT2D eigenvalue weighted by Gasteiger charge is 2.32. The zero-order valence-electron chi connectivity index (χ0n) is 13.3. The number of nitrogens with zero attached hydrogens (tertiary/aromatic N) is 2. The number of anilines is 1. The molecule has 0 fully saturated rings. The minimum Gasteiger partial charge on any atom is -0.404 e. The van der Waals surface area contributed by atoms with Gasteiger partial charge in [0.1, 0.15) is 10.8 Å². The van der Waals surface area contributed by atoms with Crippen molar-refractivity contribution in [2.45, 2.75) is 6.36 Å². The largest absolute Gasteiger partial charge is 0.573 e. The zero-order valence-corrected chi connectivity index (χ0v) is 15.6. The second-order valence-electron chi connectivity index (χ2n) is 5.14. The molecule has 2 aromatic carbocycles. The van der Waals surface area contributed by atoms with Crippen LogP contribution in [-0.4, -0.2) is 17.6 Å². The molecule has 1 aromatic heterocycles. The Balaban J connectivity index is 1.72. The highest BCUT2D eigenvalue weighted by atomic mass is 35.5. The number of halogens is 5. The Morgan fingerprint density at radius 2 is 1.89 bits per heavy atom. The van der Waals surface area contributed by atoms with Crippen LogP contribution in [0.3, 0.4) is 0 Å². The molecule has 0 aliphatic carbocycles. The number of benzene rings is 2. The molecule has 140 valence electrons. The van der Waals surface area contributed by atoms with Crippen molar-refractivity contribution in [2.75, 3.05) is 5.43 Å². The Morgan fingerprint density at radius 3 is 2.59 bits per heavy atom. The molecule has 0 saturated heterocycles. The average Bonchev–Trinajstić information content (AvgIpc) is 3.08. The summed E-state index contributed by atoms with van der Waals surface area (Å²) in [6.45, 7) is 0. The van der Waals surface area contributed by atoms with Gasteiger partial charge in [-0.2, -0.15) is 5.10 Å². The molecule has 0 saturated carbocycles. The van der Waals surface area contributed by atoms with E-state index in [2.05, 4.69) is 20.2 Å².